The van der Waals surface area contributed by atoms with E-state index in [0.29, 0.717) is 6.42 Å². The number of halogens is 3. The van der Waals surface area contributed by atoms with E-state index >= 15 is 0 Å². The molecule has 1 unspecified atom stereocenters. The third-order valence-corrected chi connectivity index (χ3v) is 5.32. The number of rotatable bonds is 7. The molecule has 9 nitrogen and oxygen atoms in total. The molecule has 1 fully saturated rings. The minimum absolute atomic E-state index is 0.0544. The summed E-state index contributed by atoms with van der Waals surface area (Å²) in [6, 6.07) is 1.94. The predicted octanol–water partition coefficient (Wildman–Crippen LogP) is 3.56. The topological polar surface area (TPSA) is 115 Å². The number of amides is 2. The number of imidazole rings is 1. The molecule has 0 radical (unpaired) electrons. The van der Waals surface area contributed by atoms with E-state index in [1.165, 1.54) is 22.9 Å². The zero-order valence-corrected chi connectivity index (χ0v) is 17.9. The summed E-state index contributed by atoms with van der Waals surface area (Å²) in [6.07, 6.45) is 2.74. The van der Waals surface area contributed by atoms with E-state index in [4.69, 9.17) is 0 Å². The molecule has 2 heterocycles. The van der Waals surface area contributed by atoms with Gasteiger partial charge in [0.1, 0.15) is 11.9 Å². The molecule has 0 spiro atoms. The molecule has 0 bridgehead atoms. The first-order valence-corrected chi connectivity index (χ1v) is 10.5. The molecule has 0 aromatic carbocycles. The number of aromatic nitrogens is 3. The second-order valence-corrected chi connectivity index (χ2v) is 7.70. The molecule has 2 aromatic heterocycles. The molecular formula is C21H24F3N5O4. The van der Waals surface area contributed by atoms with Crippen LogP contribution in [0.25, 0.3) is 0 Å². The smallest absolute Gasteiger partial charge is 0.434 e. The van der Waals surface area contributed by atoms with Crippen molar-refractivity contribution < 1.29 is 32.3 Å². The summed E-state index contributed by atoms with van der Waals surface area (Å²) in [4.78, 5) is 43.5. The highest BCUT2D eigenvalue weighted by Crippen LogP contribution is 2.34. The van der Waals surface area contributed by atoms with Crippen molar-refractivity contribution in [3.8, 4) is 0 Å². The van der Waals surface area contributed by atoms with Gasteiger partial charge in [-0.3, -0.25) is 9.59 Å². The number of nitrogens with one attached hydrogen (secondary N) is 2. The van der Waals surface area contributed by atoms with Gasteiger partial charge in [-0.25, -0.2) is 14.8 Å². The number of hydrogen-bond acceptors (Lipinski definition) is 6. The van der Waals surface area contributed by atoms with Crippen molar-refractivity contribution >= 4 is 29.3 Å². The SMILES string of the molecule is CCOC(=O)C(=O)Nc1ccc(NC(=O)C(CC2CCCC2)n2cnc(C(F)(F)F)c2)nc1. The van der Waals surface area contributed by atoms with Crippen molar-refractivity contribution in [2.45, 2.75) is 51.2 Å². The lowest BCUT2D eigenvalue weighted by Gasteiger charge is -2.21. The Kier molecular flexibility index (Phi) is 7.67. The summed E-state index contributed by atoms with van der Waals surface area (Å²) in [5.74, 6) is -2.16. The largest absolute Gasteiger partial charge is 0.459 e. The zero-order chi connectivity index (χ0) is 24.0. The molecule has 1 aliphatic carbocycles. The van der Waals surface area contributed by atoms with Crippen molar-refractivity contribution in [2.24, 2.45) is 5.92 Å². The third-order valence-electron chi connectivity index (χ3n) is 5.32. The summed E-state index contributed by atoms with van der Waals surface area (Å²) in [7, 11) is 0. The average molecular weight is 467 g/mol. The fourth-order valence-corrected chi connectivity index (χ4v) is 3.71. The Morgan fingerprint density at radius 3 is 2.48 bits per heavy atom. The summed E-state index contributed by atoms with van der Waals surface area (Å²) in [5, 5.41) is 4.91. The van der Waals surface area contributed by atoms with Crippen LogP contribution in [-0.4, -0.2) is 38.9 Å². The molecule has 33 heavy (non-hydrogen) atoms. The van der Waals surface area contributed by atoms with Crippen LogP contribution in [-0.2, 0) is 25.3 Å². The van der Waals surface area contributed by atoms with Crippen LogP contribution in [0.15, 0.2) is 30.9 Å². The van der Waals surface area contributed by atoms with Crippen LogP contribution < -0.4 is 10.6 Å². The number of hydrogen-bond donors (Lipinski definition) is 2. The number of ether oxygens (including phenoxy) is 1. The van der Waals surface area contributed by atoms with Gasteiger partial charge in [-0.05, 0) is 31.4 Å². The van der Waals surface area contributed by atoms with E-state index in [-0.39, 0.29) is 24.0 Å². The van der Waals surface area contributed by atoms with E-state index in [1.807, 2.05) is 0 Å². The monoisotopic (exact) mass is 467 g/mol. The Balaban J connectivity index is 1.70. The van der Waals surface area contributed by atoms with E-state index in [2.05, 4.69) is 25.3 Å². The van der Waals surface area contributed by atoms with Gasteiger partial charge in [-0.15, -0.1) is 0 Å². The minimum Gasteiger partial charge on any atom is -0.459 e. The highest BCUT2D eigenvalue weighted by Gasteiger charge is 2.35. The Hall–Kier alpha value is -3.44. The molecule has 1 saturated carbocycles. The molecule has 3 rings (SSSR count). The summed E-state index contributed by atoms with van der Waals surface area (Å²) in [6.45, 7) is 1.62. The maximum absolute atomic E-state index is 13.0. The van der Waals surface area contributed by atoms with Gasteiger partial charge in [0, 0.05) is 6.20 Å². The first kappa shape index (κ1) is 24.2. The Morgan fingerprint density at radius 2 is 1.91 bits per heavy atom. The van der Waals surface area contributed by atoms with Gasteiger partial charge in [0.2, 0.25) is 5.91 Å². The molecule has 12 heteroatoms. The van der Waals surface area contributed by atoms with Gasteiger partial charge in [-0.1, -0.05) is 25.7 Å². The van der Waals surface area contributed by atoms with Crippen LogP contribution in [0.5, 0.6) is 0 Å². The molecule has 2 N–H and O–H groups in total. The van der Waals surface area contributed by atoms with Crippen LogP contribution >= 0.6 is 0 Å². The maximum atomic E-state index is 13.0. The van der Waals surface area contributed by atoms with Crippen LogP contribution in [0, 0.1) is 5.92 Å². The minimum atomic E-state index is -4.61. The van der Waals surface area contributed by atoms with Gasteiger partial charge in [0.05, 0.1) is 24.8 Å². The number of alkyl halides is 3. The molecule has 1 aliphatic rings. The van der Waals surface area contributed by atoms with Gasteiger partial charge in [-0.2, -0.15) is 13.2 Å². The number of anilines is 2. The number of carbonyl (C=O) groups excluding carboxylic acids is 3. The van der Waals surface area contributed by atoms with E-state index in [9.17, 15) is 27.6 Å². The number of pyridine rings is 1. The van der Waals surface area contributed by atoms with Crippen LogP contribution in [0.1, 0.15) is 50.8 Å². The molecule has 1 atom stereocenters. The van der Waals surface area contributed by atoms with Crippen molar-refractivity contribution in [3.63, 3.8) is 0 Å². The average Bonchev–Trinajstić information content (AvgIpc) is 3.45. The lowest BCUT2D eigenvalue weighted by Crippen LogP contribution is -2.27. The van der Waals surface area contributed by atoms with Crippen LogP contribution in [0.3, 0.4) is 0 Å². The molecule has 178 valence electrons. The van der Waals surface area contributed by atoms with Gasteiger partial charge in [0.15, 0.2) is 5.69 Å². The van der Waals surface area contributed by atoms with Gasteiger partial charge < -0.3 is 19.9 Å². The Bertz CT molecular complexity index is 985. The number of esters is 1. The Labute approximate surface area is 187 Å². The quantitative estimate of drug-likeness (QED) is 0.475. The van der Waals surface area contributed by atoms with Crippen molar-refractivity contribution in [3.05, 3.63) is 36.5 Å². The van der Waals surface area contributed by atoms with E-state index < -0.39 is 35.7 Å². The molecule has 2 amide bonds. The second-order valence-electron chi connectivity index (χ2n) is 7.70. The number of carbonyl (C=O) groups is 3. The van der Waals surface area contributed by atoms with Crippen LogP contribution in [0.4, 0.5) is 24.7 Å². The standard InChI is InChI=1S/C21H24F3N5O4/c1-2-33-20(32)19(31)27-14-7-8-17(25-10-14)28-18(30)15(9-13-5-3-4-6-13)29-11-16(26-12-29)21(22,23)24/h7-8,10-13,15H,2-6,9H2,1H3,(H,27,31)(H,25,28,30). The van der Waals surface area contributed by atoms with Gasteiger partial charge in [0.25, 0.3) is 0 Å². The van der Waals surface area contributed by atoms with Crippen molar-refractivity contribution in [1.82, 2.24) is 14.5 Å². The summed E-state index contributed by atoms with van der Waals surface area (Å²) >= 11 is 0. The fourth-order valence-electron chi connectivity index (χ4n) is 3.71. The fraction of sp³-hybridized carbons (Fsp3) is 0.476. The summed E-state index contributed by atoms with van der Waals surface area (Å²) < 4.78 is 44.8. The highest BCUT2D eigenvalue weighted by atomic mass is 19.4. The predicted molar refractivity (Wildman–Crippen MR) is 111 cm³/mol. The third kappa shape index (κ3) is 6.53. The first-order valence-electron chi connectivity index (χ1n) is 10.5. The van der Waals surface area contributed by atoms with Gasteiger partial charge >= 0.3 is 18.1 Å². The lowest BCUT2D eigenvalue weighted by molar-refractivity contribution is -0.152. The molecule has 0 aliphatic heterocycles. The number of nitrogens with zero attached hydrogens (tertiary/aromatic N) is 3. The first-order chi connectivity index (χ1) is 15.7. The van der Waals surface area contributed by atoms with Crippen LogP contribution in [0.2, 0.25) is 0 Å². The normalized spacial score (nSPS) is 15.2. The molecule has 2 aromatic rings. The summed E-state index contributed by atoms with van der Waals surface area (Å²) in [5.41, 5.74) is -0.857. The Morgan fingerprint density at radius 1 is 1.18 bits per heavy atom. The second kappa shape index (κ2) is 10.5. The zero-order valence-electron chi connectivity index (χ0n) is 17.9. The maximum Gasteiger partial charge on any atom is 0.434 e. The molecule has 0 saturated heterocycles. The van der Waals surface area contributed by atoms with Crippen molar-refractivity contribution in [1.29, 1.82) is 0 Å². The molecular weight excluding hydrogens is 443 g/mol. The van der Waals surface area contributed by atoms with E-state index in [0.717, 1.165) is 38.2 Å². The lowest BCUT2D eigenvalue weighted by atomic mass is 9.97. The highest BCUT2D eigenvalue weighted by molar-refractivity contribution is 6.37. The van der Waals surface area contributed by atoms with E-state index in [1.54, 1.807) is 6.92 Å². The van der Waals surface area contributed by atoms with Crippen molar-refractivity contribution in [2.75, 3.05) is 17.2 Å².